The van der Waals surface area contributed by atoms with Crippen molar-refractivity contribution < 1.29 is 9.72 Å². The highest BCUT2D eigenvalue weighted by molar-refractivity contribution is 6.31. The lowest BCUT2D eigenvalue weighted by Gasteiger charge is -2.06. The molecule has 1 fully saturated rings. The highest BCUT2D eigenvalue weighted by Crippen LogP contribution is 2.38. The van der Waals surface area contributed by atoms with Crippen molar-refractivity contribution in [1.82, 2.24) is 15.2 Å². The Bertz CT molecular complexity index is 1030. The molecule has 0 unspecified atom stereocenters. The first-order valence-corrected chi connectivity index (χ1v) is 8.67. The number of halogens is 1. The smallest absolute Gasteiger partial charge is 0.283 e. The number of nitro benzene ring substituents is 1. The number of nitrogens with zero attached hydrogens (tertiary/aromatic N) is 3. The molecule has 3 aromatic rings. The minimum absolute atomic E-state index is 0.0588. The minimum Gasteiger partial charge on any atom is -0.322 e. The number of amides is 1. The number of hydrogen-bond acceptors (Lipinski definition) is 5. The first kappa shape index (κ1) is 17.2. The van der Waals surface area contributed by atoms with Crippen molar-refractivity contribution in [3.8, 4) is 11.4 Å². The second kappa shape index (κ2) is 6.81. The van der Waals surface area contributed by atoms with Crippen LogP contribution in [0.4, 0.5) is 11.4 Å². The zero-order valence-corrected chi connectivity index (χ0v) is 14.7. The Balaban J connectivity index is 1.51. The largest absolute Gasteiger partial charge is 0.322 e. The van der Waals surface area contributed by atoms with Gasteiger partial charge < -0.3 is 5.32 Å². The van der Waals surface area contributed by atoms with Gasteiger partial charge in [0, 0.05) is 28.3 Å². The van der Waals surface area contributed by atoms with Crippen molar-refractivity contribution in [2.45, 2.75) is 18.8 Å². The van der Waals surface area contributed by atoms with Gasteiger partial charge in [-0.05, 0) is 49.2 Å². The maximum Gasteiger partial charge on any atom is 0.283 e. The summed E-state index contributed by atoms with van der Waals surface area (Å²) in [5.74, 6) is 1.40. The quantitative estimate of drug-likeness (QED) is 0.507. The monoisotopic (exact) mass is 383 g/mol. The van der Waals surface area contributed by atoms with Crippen LogP contribution in [-0.4, -0.2) is 26.0 Å². The average Bonchev–Trinajstić information content (AvgIpc) is 3.39. The van der Waals surface area contributed by atoms with E-state index in [0.29, 0.717) is 17.4 Å². The normalized spacial score (nSPS) is 13.4. The van der Waals surface area contributed by atoms with Gasteiger partial charge in [0.05, 0.1) is 4.92 Å². The molecule has 4 rings (SSSR count). The van der Waals surface area contributed by atoms with Gasteiger partial charge in [0.25, 0.3) is 11.6 Å². The van der Waals surface area contributed by atoms with Crippen LogP contribution in [0.5, 0.6) is 0 Å². The van der Waals surface area contributed by atoms with E-state index in [0.717, 1.165) is 30.3 Å². The molecule has 0 saturated heterocycles. The third-order valence-corrected chi connectivity index (χ3v) is 4.50. The number of H-pyrrole nitrogens is 1. The summed E-state index contributed by atoms with van der Waals surface area (Å²) in [7, 11) is 0. The topological polar surface area (TPSA) is 114 Å². The fourth-order valence-corrected chi connectivity index (χ4v) is 2.86. The minimum atomic E-state index is -0.634. The summed E-state index contributed by atoms with van der Waals surface area (Å²) in [6, 6.07) is 10.9. The van der Waals surface area contributed by atoms with E-state index >= 15 is 0 Å². The van der Waals surface area contributed by atoms with E-state index in [9.17, 15) is 14.9 Å². The molecule has 2 aromatic carbocycles. The predicted octanol–water partition coefficient (Wildman–Crippen LogP) is 4.16. The van der Waals surface area contributed by atoms with Gasteiger partial charge in [-0.3, -0.25) is 20.0 Å². The Morgan fingerprint density at radius 3 is 2.63 bits per heavy atom. The third-order valence-electron chi connectivity index (χ3n) is 4.27. The fraction of sp³-hybridized carbons (Fsp3) is 0.167. The van der Waals surface area contributed by atoms with Gasteiger partial charge in [0.1, 0.15) is 11.4 Å². The van der Waals surface area contributed by atoms with Crippen LogP contribution in [0.1, 0.15) is 34.9 Å². The van der Waals surface area contributed by atoms with Crippen molar-refractivity contribution in [3.05, 3.63) is 69.0 Å². The molecule has 1 amide bonds. The zero-order valence-electron chi connectivity index (χ0n) is 14.0. The van der Waals surface area contributed by atoms with E-state index in [1.807, 2.05) is 0 Å². The number of carbonyl (C=O) groups excluding carboxylic acids is 1. The number of aromatic amines is 1. The molecule has 0 spiro atoms. The fourth-order valence-electron chi connectivity index (χ4n) is 2.69. The molecular formula is C18H14ClN5O3. The summed E-state index contributed by atoms with van der Waals surface area (Å²) < 4.78 is 0. The summed E-state index contributed by atoms with van der Waals surface area (Å²) in [5, 5.41) is 21.1. The molecule has 0 aliphatic heterocycles. The molecule has 1 aliphatic carbocycles. The Kier molecular flexibility index (Phi) is 4.33. The number of anilines is 1. The molecule has 1 aromatic heterocycles. The molecule has 1 aliphatic rings. The zero-order chi connectivity index (χ0) is 19.0. The van der Waals surface area contributed by atoms with Gasteiger partial charge in [0.2, 0.25) is 0 Å². The van der Waals surface area contributed by atoms with Crippen LogP contribution in [0, 0.1) is 10.1 Å². The van der Waals surface area contributed by atoms with E-state index in [1.54, 1.807) is 24.3 Å². The number of nitrogens with one attached hydrogen (secondary N) is 2. The molecule has 9 heteroatoms. The van der Waals surface area contributed by atoms with E-state index < -0.39 is 10.8 Å². The lowest BCUT2D eigenvalue weighted by molar-refractivity contribution is -0.385. The average molecular weight is 384 g/mol. The summed E-state index contributed by atoms with van der Waals surface area (Å²) in [6.07, 6.45) is 2.27. The highest BCUT2D eigenvalue weighted by atomic mass is 35.5. The van der Waals surface area contributed by atoms with Crippen molar-refractivity contribution >= 4 is 28.9 Å². The molecular weight excluding hydrogens is 370 g/mol. The van der Waals surface area contributed by atoms with Gasteiger partial charge >= 0.3 is 0 Å². The number of hydrogen-bond donors (Lipinski definition) is 2. The van der Waals surface area contributed by atoms with Crippen LogP contribution < -0.4 is 5.32 Å². The Morgan fingerprint density at radius 2 is 1.96 bits per heavy atom. The standard InChI is InChI=1S/C18H14ClN5O3/c19-12-5-8-14(15(9-12)24(26)27)18(25)20-13-6-3-11(4-7-13)17-21-16(22-23-17)10-1-2-10/h3-10H,1-2H2,(H,20,25)(H,21,22,23). The molecule has 8 nitrogen and oxygen atoms in total. The van der Waals surface area contributed by atoms with E-state index in [-0.39, 0.29) is 16.3 Å². The summed E-state index contributed by atoms with van der Waals surface area (Å²) in [4.78, 5) is 27.4. The highest BCUT2D eigenvalue weighted by Gasteiger charge is 2.27. The van der Waals surface area contributed by atoms with Gasteiger partial charge in [-0.2, -0.15) is 5.10 Å². The Hall–Kier alpha value is -3.26. The second-order valence-electron chi connectivity index (χ2n) is 6.27. The number of aromatic nitrogens is 3. The van der Waals surface area contributed by atoms with E-state index in [4.69, 9.17) is 11.6 Å². The van der Waals surface area contributed by atoms with Crippen molar-refractivity contribution in [1.29, 1.82) is 0 Å². The van der Waals surface area contributed by atoms with Gasteiger partial charge in [0.15, 0.2) is 5.82 Å². The molecule has 0 bridgehead atoms. The van der Waals surface area contributed by atoms with Crippen molar-refractivity contribution in [2.75, 3.05) is 5.32 Å². The van der Waals surface area contributed by atoms with Crippen LogP contribution in [0.15, 0.2) is 42.5 Å². The molecule has 0 atom stereocenters. The number of benzene rings is 2. The first-order chi connectivity index (χ1) is 13.0. The van der Waals surface area contributed by atoms with Crippen LogP contribution in [0.2, 0.25) is 5.02 Å². The third kappa shape index (κ3) is 3.65. The van der Waals surface area contributed by atoms with Gasteiger partial charge in [-0.1, -0.05) is 11.6 Å². The van der Waals surface area contributed by atoms with Crippen molar-refractivity contribution in [2.24, 2.45) is 0 Å². The SMILES string of the molecule is O=C(Nc1ccc(-c2n[nH]c(C3CC3)n2)cc1)c1ccc(Cl)cc1[N+](=O)[O-]. The van der Waals surface area contributed by atoms with Crippen molar-refractivity contribution in [3.63, 3.8) is 0 Å². The number of rotatable bonds is 5. The Morgan fingerprint density at radius 1 is 1.22 bits per heavy atom. The number of carbonyl (C=O) groups is 1. The molecule has 2 N–H and O–H groups in total. The van der Waals surface area contributed by atoms with Gasteiger partial charge in [-0.15, -0.1) is 0 Å². The lowest BCUT2D eigenvalue weighted by atomic mass is 10.1. The molecule has 0 radical (unpaired) electrons. The van der Waals surface area contributed by atoms with E-state index in [1.165, 1.54) is 12.1 Å². The molecule has 27 heavy (non-hydrogen) atoms. The second-order valence-corrected chi connectivity index (χ2v) is 6.71. The number of nitro groups is 1. The van der Waals surface area contributed by atoms with Crippen LogP contribution in [0.3, 0.4) is 0 Å². The van der Waals surface area contributed by atoms with Crippen LogP contribution in [-0.2, 0) is 0 Å². The lowest BCUT2D eigenvalue weighted by Crippen LogP contribution is -2.13. The maximum absolute atomic E-state index is 12.4. The predicted molar refractivity (Wildman–Crippen MR) is 99.9 cm³/mol. The molecule has 1 saturated carbocycles. The van der Waals surface area contributed by atoms with Crippen LogP contribution >= 0.6 is 11.6 Å². The van der Waals surface area contributed by atoms with Crippen LogP contribution in [0.25, 0.3) is 11.4 Å². The summed E-state index contributed by atoms with van der Waals surface area (Å²) >= 11 is 5.78. The van der Waals surface area contributed by atoms with E-state index in [2.05, 4.69) is 20.5 Å². The molecule has 1 heterocycles. The maximum atomic E-state index is 12.4. The molecule has 136 valence electrons. The summed E-state index contributed by atoms with van der Waals surface area (Å²) in [5.41, 5.74) is 0.918. The first-order valence-electron chi connectivity index (χ1n) is 8.29. The van der Waals surface area contributed by atoms with Gasteiger partial charge in [-0.25, -0.2) is 4.98 Å². The Labute approximate surface area is 158 Å². The summed E-state index contributed by atoms with van der Waals surface area (Å²) in [6.45, 7) is 0.